The molecule has 1 amide bonds. The smallest absolute Gasteiger partial charge is 0.405 e. The molecule has 3 rings (SSSR count). The Labute approximate surface area is 165 Å². The molecule has 0 spiro atoms. The van der Waals surface area contributed by atoms with Crippen LogP contribution in [0.2, 0.25) is 0 Å². The van der Waals surface area contributed by atoms with E-state index in [4.69, 9.17) is 0 Å². The normalized spacial score (nSPS) is 11.0. The van der Waals surface area contributed by atoms with Gasteiger partial charge >= 0.3 is 6.36 Å². The Balaban J connectivity index is 1.56. The van der Waals surface area contributed by atoms with Gasteiger partial charge in [0.15, 0.2) is 0 Å². The Bertz CT molecular complexity index is 945. The van der Waals surface area contributed by atoms with E-state index in [9.17, 15) is 18.0 Å². The van der Waals surface area contributed by atoms with Gasteiger partial charge in [0, 0.05) is 42.3 Å². The van der Waals surface area contributed by atoms with E-state index in [1.807, 2.05) is 6.07 Å². The number of hydrogen-bond acceptors (Lipinski definition) is 4. The minimum Gasteiger partial charge on any atom is -0.405 e. The van der Waals surface area contributed by atoms with Crippen molar-refractivity contribution in [1.82, 2.24) is 10.3 Å². The van der Waals surface area contributed by atoms with Gasteiger partial charge in [-0.15, -0.1) is 13.2 Å². The molecule has 0 atom stereocenters. The van der Waals surface area contributed by atoms with Crippen molar-refractivity contribution in [2.24, 2.45) is 0 Å². The minimum atomic E-state index is -4.75. The van der Waals surface area contributed by atoms with E-state index < -0.39 is 6.36 Å². The fourth-order valence-corrected chi connectivity index (χ4v) is 2.60. The average molecular weight is 401 g/mol. The predicted molar refractivity (Wildman–Crippen MR) is 102 cm³/mol. The van der Waals surface area contributed by atoms with Crippen LogP contribution in [0, 0.1) is 0 Å². The molecule has 0 saturated carbocycles. The molecular formula is C21H18F3N3O2. The Morgan fingerprint density at radius 1 is 0.966 bits per heavy atom. The molecule has 0 unspecified atom stereocenters. The van der Waals surface area contributed by atoms with Crippen LogP contribution in [0.15, 0.2) is 73.1 Å². The van der Waals surface area contributed by atoms with Crippen LogP contribution >= 0.6 is 0 Å². The topological polar surface area (TPSA) is 63.2 Å². The number of alkyl halides is 3. The summed E-state index contributed by atoms with van der Waals surface area (Å²) in [4.78, 5) is 16.2. The number of nitrogens with zero attached hydrogens (tertiary/aromatic N) is 1. The second kappa shape index (κ2) is 9.09. The van der Waals surface area contributed by atoms with E-state index in [2.05, 4.69) is 20.4 Å². The number of hydrogen-bond donors (Lipinski definition) is 2. The lowest BCUT2D eigenvalue weighted by Crippen LogP contribution is -2.22. The molecule has 1 heterocycles. The summed E-state index contributed by atoms with van der Waals surface area (Å²) in [6.45, 7) is 0.501. The molecule has 0 aliphatic rings. The maximum absolute atomic E-state index is 12.5. The SMILES string of the molecule is O=C(NCc1cccnc1)c1ccc(NCc2ccccc2OC(F)(F)F)cc1. The number of para-hydroxylation sites is 1. The van der Waals surface area contributed by atoms with Gasteiger partial charge in [0.1, 0.15) is 5.75 Å². The van der Waals surface area contributed by atoms with Gasteiger partial charge < -0.3 is 15.4 Å². The Morgan fingerprint density at radius 2 is 1.72 bits per heavy atom. The second-order valence-electron chi connectivity index (χ2n) is 6.13. The van der Waals surface area contributed by atoms with Crippen LogP contribution in [0.5, 0.6) is 5.75 Å². The lowest BCUT2D eigenvalue weighted by atomic mass is 10.1. The molecule has 2 aromatic carbocycles. The van der Waals surface area contributed by atoms with Crippen molar-refractivity contribution < 1.29 is 22.7 Å². The fraction of sp³-hybridized carbons (Fsp3) is 0.143. The maximum atomic E-state index is 12.5. The van der Waals surface area contributed by atoms with Crippen LogP contribution in [0.1, 0.15) is 21.5 Å². The van der Waals surface area contributed by atoms with Crippen LogP contribution in [0.4, 0.5) is 18.9 Å². The van der Waals surface area contributed by atoms with Crippen molar-refractivity contribution in [3.8, 4) is 5.75 Å². The monoisotopic (exact) mass is 401 g/mol. The van der Waals surface area contributed by atoms with Crippen LogP contribution < -0.4 is 15.4 Å². The lowest BCUT2D eigenvalue weighted by Gasteiger charge is -2.14. The Kier molecular flexibility index (Phi) is 6.33. The van der Waals surface area contributed by atoms with Crippen LogP contribution in [-0.2, 0) is 13.1 Å². The zero-order valence-corrected chi connectivity index (χ0v) is 15.2. The first kappa shape index (κ1) is 20.2. The molecule has 150 valence electrons. The van der Waals surface area contributed by atoms with Crippen molar-refractivity contribution in [3.63, 3.8) is 0 Å². The number of nitrogens with one attached hydrogen (secondary N) is 2. The van der Waals surface area contributed by atoms with E-state index in [0.29, 0.717) is 23.4 Å². The van der Waals surface area contributed by atoms with Crippen molar-refractivity contribution in [1.29, 1.82) is 0 Å². The van der Waals surface area contributed by atoms with Gasteiger partial charge in [-0.3, -0.25) is 9.78 Å². The van der Waals surface area contributed by atoms with Crippen LogP contribution in [-0.4, -0.2) is 17.3 Å². The highest BCUT2D eigenvalue weighted by atomic mass is 19.4. The highest BCUT2D eigenvalue weighted by Gasteiger charge is 2.31. The summed E-state index contributed by atoms with van der Waals surface area (Å²) in [7, 11) is 0. The number of amides is 1. The van der Waals surface area contributed by atoms with Gasteiger partial charge in [-0.25, -0.2) is 0 Å². The van der Waals surface area contributed by atoms with E-state index in [1.54, 1.807) is 54.9 Å². The number of anilines is 1. The number of benzene rings is 2. The predicted octanol–water partition coefficient (Wildman–Crippen LogP) is 4.52. The molecule has 0 aliphatic heterocycles. The molecule has 29 heavy (non-hydrogen) atoms. The number of pyridine rings is 1. The molecule has 2 N–H and O–H groups in total. The number of rotatable bonds is 7. The molecule has 3 aromatic rings. The summed E-state index contributed by atoms with van der Waals surface area (Å²) in [5.74, 6) is -0.483. The maximum Gasteiger partial charge on any atom is 0.573 e. The summed E-state index contributed by atoms with van der Waals surface area (Å²) >= 11 is 0. The second-order valence-corrected chi connectivity index (χ2v) is 6.13. The molecule has 5 nitrogen and oxygen atoms in total. The highest BCUT2D eigenvalue weighted by Crippen LogP contribution is 2.26. The largest absolute Gasteiger partial charge is 0.573 e. The molecule has 0 radical (unpaired) electrons. The highest BCUT2D eigenvalue weighted by molar-refractivity contribution is 5.94. The molecule has 1 aromatic heterocycles. The molecule has 0 saturated heterocycles. The first-order chi connectivity index (χ1) is 13.9. The van der Waals surface area contributed by atoms with Crippen LogP contribution in [0.3, 0.4) is 0 Å². The van der Waals surface area contributed by atoms with Crippen molar-refractivity contribution >= 4 is 11.6 Å². The third kappa shape index (κ3) is 6.24. The van der Waals surface area contributed by atoms with Gasteiger partial charge in [0.05, 0.1) is 0 Å². The molecular weight excluding hydrogens is 383 g/mol. The van der Waals surface area contributed by atoms with E-state index in [-0.39, 0.29) is 18.2 Å². The quantitative estimate of drug-likeness (QED) is 0.611. The Morgan fingerprint density at radius 3 is 2.41 bits per heavy atom. The van der Waals surface area contributed by atoms with Crippen LogP contribution in [0.25, 0.3) is 0 Å². The summed E-state index contributed by atoms with van der Waals surface area (Å²) in [5.41, 5.74) is 2.39. The molecule has 8 heteroatoms. The minimum absolute atomic E-state index is 0.138. The molecule has 0 aliphatic carbocycles. The van der Waals surface area contributed by atoms with Crippen molar-refractivity contribution in [3.05, 3.63) is 89.7 Å². The summed E-state index contributed by atoms with van der Waals surface area (Å²) in [6, 6.07) is 16.2. The summed E-state index contributed by atoms with van der Waals surface area (Å²) < 4.78 is 41.5. The molecule has 0 bridgehead atoms. The van der Waals surface area contributed by atoms with Gasteiger partial charge in [-0.1, -0.05) is 24.3 Å². The standard InChI is InChI=1S/C21H18F3N3O2/c22-21(23,24)29-19-6-2-1-5-17(19)14-26-18-9-7-16(8-10-18)20(28)27-13-15-4-3-11-25-12-15/h1-12,26H,13-14H2,(H,27,28). The van der Waals surface area contributed by atoms with E-state index in [1.165, 1.54) is 12.1 Å². The average Bonchev–Trinajstić information content (AvgIpc) is 2.71. The van der Waals surface area contributed by atoms with Crippen molar-refractivity contribution in [2.75, 3.05) is 5.32 Å². The van der Waals surface area contributed by atoms with E-state index >= 15 is 0 Å². The fourth-order valence-electron chi connectivity index (χ4n) is 2.60. The van der Waals surface area contributed by atoms with Gasteiger partial charge in [0.25, 0.3) is 5.91 Å². The van der Waals surface area contributed by atoms with Gasteiger partial charge in [0.2, 0.25) is 0 Å². The number of carbonyl (C=O) groups is 1. The number of halogens is 3. The first-order valence-corrected chi connectivity index (χ1v) is 8.75. The zero-order chi connectivity index (χ0) is 20.7. The Hall–Kier alpha value is -3.55. The third-order valence-corrected chi connectivity index (χ3v) is 4.00. The van der Waals surface area contributed by atoms with E-state index in [0.717, 1.165) is 5.56 Å². The third-order valence-electron chi connectivity index (χ3n) is 4.00. The number of carbonyl (C=O) groups excluding carboxylic acids is 1. The van der Waals surface area contributed by atoms with Crippen molar-refractivity contribution in [2.45, 2.75) is 19.5 Å². The lowest BCUT2D eigenvalue weighted by molar-refractivity contribution is -0.274. The first-order valence-electron chi connectivity index (χ1n) is 8.75. The zero-order valence-electron chi connectivity index (χ0n) is 15.2. The molecule has 0 fully saturated rings. The summed E-state index contributed by atoms with van der Waals surface area (Å²) in [5, 5.41) is 5.82. The van der Waals surface area contributed by atoms with Gasteiger partial charge in [-0.2, -0.15) is 0 Å². The number of aromatic nitrogens is 1. The van der Waals surface area contributed by atoms with Gasteiger partial charge in [-0.05, 0) is 42.0 Å². The number of ether oxygens (including phenoxy) is 1. The summed E-state index contributed by atoms with van der Waals surface area (Å²) in [6.07, 6.45) is -1.42.